The van der Waals surface area contributed by atoms with Crippen LogP contribution in [0.3, 0.4) is 0 Å². The molecule has 1 unspecified atom stereocenters. The maximum atomic E-state index is 13.4. The summed E-state index contributed by atoms with van der Waals surface area (Å²) in [6.45, 7) is 10.5. The standard InChI is InChI=1S/C41H51N4O8P/c1-28(2)45(29(3)4)54(51-24-12-23-42)53-36-25-38(44-26-30(5)39(49-8)43-40(44)46)52-37(36)27-50-41(31-13-10-9-11-14-31,32-15-19-34(47-6)20-16-32)33-17-21-35(48-7)22-18-33/h9-11,13-22,26,28-29,36-38H,12,24-25,27H2,1-8H3/t36-,37+,38+,54?/m0/s1. The average molecular weight is 759 g/mol. The van der Waals surface area contributed by atoms with Gasteiger partial charge in [0.2, 0.25) is 5.88 Å². The Morgan fingerprint density at radius 1 is 0.907 bits per heavy atom. The van der Waals surface area contributed by atoms with Gasteiger partial charge < -0.3 is 32.7 Å². The van der Waals surface area contributed by atoms with Crippen LogP contribution >= 0.6 is 8.53 Å². The summed E-state index contributed by atoms with van der Waals surface area (Å²) in [4.78, 5) is 17.5. The van der Waals surface area contributed by atoms with Gasteiger partial charge in [-0.1, -0.05) is 54.6 Å². The number of methoxy groups -OCH3 is 3. The lowest BCUT2D eigenvalue weighted by atomic mass is 9.80. The van der Waals surface area contributed by atoms with Gasteiger partial charge >= 0.3 is 5.69 Å². The molecule has 0 aliphatic carbocycles. The van der Waals surface area contributed by atoms with Crippen LogP contribution in [-0.4, -0.2) is 73.1 Å². The Labute approximate surface area is 319 Å². The Kier molecular flexibility index (Phi) is 14.2. The Morgan fingerprint density at radius 2 is 1.48 bits per heavy atom. The molecule has 0 saturated carbocycles. The zero-order valence-electron chi connectivity index (χ0n) is 32.3. The molecule has 2 heterocycles. The van der Waals surface area contributed by atoms with Crippen LogP contribution in [0.5, 0.6) is 17.4 Å². The van der Waals surface area contributed by atoms with Crippen LogP contribution in [-0.2, 0) is 24.1 Å². The molecule has 3 aromatic carbocycles. The summed E-state index contributed by atoms with van der Waals surface area (Å²) < 4.78 is 47.3. The molecule has 1 aromatic heterocycles. The van der Waals surface area contributed by atoms with Crippen LogP contribution in [0.2, 0.25) is 0 Å². The van der Waals surface area contributed by atoms with E-state index in [2.05, 4.69) is 43.4 Å². The molecule has 4 atom stereocenters. The first-order valence-electron chi connectivity index (χ1n) is 18.1. The SMILES string of the molecule is COc1ccc(C(OC[C@H]2O[C@@H](n3cc(C)c(OC)nc3=O)C[C@@H]2OP(OCCC#N)N(C(C)C)C(C)C)(c2ccccc2)c2ccc(OC)cc2)cc1. The van der Waals surface area contributed by atoms with E-state index in [4.69, 9.17) is 32.7 Å². The molecular formula is C41H51N4O8P. The van der Waals surface area contributed by atoms with Gasteiger partial charge in [0.05, 0.1) is 53.1 Å². The van der Waals surface area contributed by atoms with Crippen molar-refractivity contribution in [3.63, 3.8) is 0 Å². The second kappa shape index (κ2) is 18.8. The third-order valence-electron chi connectivity index (χ3n) is 9.30. The lowest BCUT2D eigenvalue weighted by molar-refractivity contribution is -0.0926. The van der Waals surface area contributed by atoms with Gasteiger partial charge in [-0.05, 0) is 75.6 Å². The van der Waals surface area contributed by atoms with Crippen LogP contribution in [0.4, 0.5) is 0 Å². The monoisotopic (exact) mass is 758 g/mol. The minimum Gasteiger partial charge on any atom is -0.497 e. The minimum absolute atomic E-state index is 0.0656. The fourth-order valence-corrected chi connectivity index (χ4v) is 8.55. The van der Waals surface area contributed by atoms with Crippen LogP contribution in [0.15, 0.2) is 89.9 Å². The number of nitriles is 1. The Balaban J connectivity index is 1.60. The maximum absolute atomic E-state index is 13.4. The van der Waals surface area contributed by atoms with E-state index in [0.717, 1.165) is 16.7 Å². The third kappa shape index (κ3) is 9.12. The number of benzene rings is 3. The Morgan fingerprint density at radius 3 is 2.00 bits per heavy atom. The molecule has 0 N–H and O–H groups in total. The van der Waals surface area contributed by atoms with E-state index in [1.165, 1.54) is 11.7 Å². The molecule has 1 aliphatic rings. The molecule has 12 nitrogen and oxygen atoms in total. The van der Waals surface area contributed by atoms with Gasteiger partial charge in [-0.2, -0.15) is 10.2 Å². The molecule has 4 aromatic rings. The van der Waals surface area contributed by atoms with E-state index in [1.807, 2.05) is 85.8 Å². The van der Waals surface area contributed by atoms with E-state index in [0.29, 0.717) is 23.5 Å². The van der Waals surface area contributed by atoms with Crippen molar-refractivity contribution in [2.24, 2.45) is 0 Å². The predicted molar refractivity (Wildman–Crippen MR) is 207 cm³/mol. The molecule has 288 valence electrons. The number of ether oxygens (including phenoxy) is 5. The van der Waals surface area contributed by atoms with Gasteiger partial charge in [0.25, 0.3) is 8.53 Å². The second-order valence-electron chi connectivity index (χ2n) is 13.5. The molecule has 5 rings (SSSR count). The first kappa shape index (κ1) is 40.8. The first-order valence-corrected chi connectivity index (χ1v) is 19.2. The van der Waals surface area contributed by atoms with Gasteiger partial charge in [-0.25, -0.2) is 9.46 Å². The van der Waals surface area contributed by atoms with Crippen molar-refractivity contribution in [1.82, 2.24) is 14.2 Å². The summed E-state index contributed by atoms with van der Waals surface area (Å²) in [7, 11) is 3.11. The smallest absolute Gasteiger partial charge is 0.352 e. The quantitative estimate of drug-likeness (QED) is 0.0568. The molecule has 0 spiro atoms. The van der Waals surface area contributed by atoms with Crippen LogP contribution in [0.25, 0.3) is 0 Å². The lowest BCUT2D eigenvalue weighted by Crippen LogP contribution is -2.39. The second-order valence-corrected chi connectivity index (χ2v) is 14.9. The van der Waals surface area contributed by atoms with E-state index in [-0.39, 0.29) is 37.6 Å². The van der Waals surface area contributed by atoms with Gasteiger partial charge in [-0.15, -0.1) is 0 Å². The van der Waals surface area contributed by atoms with E-state index >= 15 is 0 Å². The molecule has 0 bridgehead atoms. The van der Waals surface area contributed by atoms with Gasteiger partial charge in [0.15, 0.2) is 0 Å². The van der Waals surface area contributed by atoms with Crippen molar-refractivity contribution in [1.29, 1.82) is 5.26 Å². The van der Waals surface area contributed by atoms with Crippen molar-refractivity contribution < 1.29 is 32.7 Å². The Hall–Kier alpha value is -4.34. The molecule has 54 heavy (non-hydrogen) atoms. The Bertz CT molecular complexity index is 1830. The molecule has 1 fully saturated rings. The first-order chi connectivity index (χ1) is 26.1. The van der Waals surface area contributed by atoms with Crippen LogP contribution in [0, 0.1) is 18.3 Å². The summed E-state index contributed by atoms with van der Waals surface area (Å²) in [6, 6.07) is 28.0. The fourth-order valence-electron chi connectivity index (χ4n) is 6.79. The number of rotatable bonds is 18. The van der Waals surface area contributed by atoms with Crippen molar-refractivity contribution >= 4 is 8.53 Å². The maximum Gasteiger partial charge on any atom is 0.352 e. The summed E-state index contributed by atoms with van der Waals surface area (Å²) in [5, 5.41) is 9.32. The average Bonchev–Trinajstić information content (AvgIpc) is 3.58. The van der Waals surface area contributed by atoms with Crippen molar-refractivity contribution in [2.75, 3.05) is 34.5 Å². The minimum atomic E-state index is -1.65. The topological polar surface area (TPSA) is 127 Å². The highest BCUT2D eigenvalue weighted by atomic mass is 31.2. The van der Waals surface area contributed by atoms with Gasteiger partial charge in [-0.3, -0.25) is 4.57 Å². The number of aryl methyl sites for hydroxylation is 1. The number of nitrogens with zero attached hydrogens (tertiary/aromatic N) is 4. The zero-order valence-corrected chi connectivity index (χ0v) is 33.2. The van der Waals surface area contributed by atoms with E-state index in [1.54, 1.807) is 20.4 Å². The van der Waals surface area contributed by atoms with Crippen LogP contribution < -0.4 is 19.9 Å². The normalized spacial score (nSPS) is 17.9. The molecule has 1 aliphatic heterocycles. The number of aromatic nitrogens is 2. The summed E-state index contributed by atoms with van der Waals surface area (Å²) in [5.74, 6) is 1.68. The fraction of sp³-hybridized carbons (Fsp3) is 0.439. The van der Waals surface area contributed by atoms with Crippen molar-refractivity contribution in [2.45, 2.75) is 83.6 Å². The molecule has 13 heteroatoms. The highest BCUT2D eigenvalue weighted by molar-refractivity contribution is 7.44. The summed E-state index contributed by atoms with van der Waals surface area (Å²) in [5.41, 5.74) is 1.70. The van der Waals surface area contributed by atoms with Gasteiger partial charge in [0, 0.05) is 30.3 Å². The van der Waals surface area contributed by atoms with E-state index in [9.17, 15) is 10.1 Å². The largest absolute Gasteiger partial charge is 0.497 e. The lowest BCUT2D eigenvalue weighted by Gasteiger charge is -2.39. The van der Waals surface area contributed by atoms with Crippen molar-refractivity contribution in [3.8, 4) is 23.4 Å². The summed E-state index contributed by atoms with van der Waals surface area (Å²) in [6.07, 6.45) is 0.284. The number of hydrogen-bond acceptors (Lipinski definition) is 11. The van der Waals surface area contributed by atoms with Crippen molar-refractivity contribution in [3.05, 3.63) is 118 Å². The highest BCUT2D eigenvalue weighted by Crippen LogP contribution is 2.50. The third-order valence-corrected chi connectivity index (χ3v) is 11.5. The molecule has 0 radical (unpaired) electrons. The van der Waals surface area contributed by atoms with Gasteiger partial charge in [0.1, 0.15) is 29.4 Å². The van der Waals surface area contributed by atoms with E-state index < -0.39 is 38.3 Å². The van der Waals surface area contributed by atoms with Crippen LogP contribution in [0.1, 0.15) is 69.0 Å². The zero-order chi connectivity index (χ0) is 38.8. The molecule has 0 amide bonds. The number of hydrogen-bond donors (Lipinski definition) is 0. The molecule has 1 saturated heterocycles. The predicted octanol–water partition coefficient (Wildman–Crippen LogP) is 7.53. The molecular weight excluding hydrogens is 707 g/mol. The highest BCUT2D eigenvalue weighted by Gasteiger charge is 2.45. The summed E-state index contributed by atoms with van der Waals surface area (Å²) >= 11 is 0.